The zero-order chi connectivity index (χ0) is 13.1. The fourth-order valence-electron chi connectivity index (χ4n) is 2.14. The van der Waals surface area contributed by atoms with E-state index < -0.39 is 0 Å². The molecule has 0 heterocycles. The van der Waals surface area contributed by atoms with E-state index in [1.165, 1.54) is 16.7 Å². The lowest BCUT2D eigenvalue weighted by atomic mass is 9.93. The van der Waals surface area contributed by atoms with E-state index in [4.69, 9.17) is 5.84 Å². The highest BCUT2D eigenvalue weighted by atomic mass is 79.9. The summed E-state index contributed by atoms with van der Waals surface area (Å²) in [5.41, 5.74) is 7.84. The average molecular weight is 305 g/mol. The van der Waals surface area contributed by atoms with Crippen molar-refractivity contribution in [2.24, 2.45) is 5.84 Å². The Hall–Kier alpha value is -1.16. The number of halogens is 1. The summed E-state index contributed by atoms with van der Waals surface area (Å²) in [6.07, 6.45) is 0. The van der Waals surface area contributed by atoms with Crippen LogP contribution in [0.15, 0.2) is 46.9 Å². The molecule has 0 saturated heterocycles. The first-order valence-electron chi connectivity index (χ1n) is 5.91. The van der Waals surface area contributed by atoms with Crippen LogP contribution in [0.2, 0.25) is 0 Å². The molecule has 0 aromatic heterocycles. The van der Waals surface area contributed by atoms with Crippen LogP contribution < -0.4 is 11.3 Å². The third-order valence-corrected chi connectivity index (χ3v) is 3.80. The first kappa shape index (κ1) is 13.3. The largest absolute Gasteiger partial charge is 0.271 e. The lowest BCUT2D eigenvalue weighted by molar-refractivity contribution is 0.633. The van der Waals surface area contributed by atoms with Crippen molar-refractivity contribution >= 4 is 15.9 Å². The van der Waals surface area contributed by atoms with Crippen LogP contribution in [-0.2, 0) is 0 Å². The maximum atomic E-state index is 5.74. The quantitative estimate of drug-likeness (QED) is 0.671. The van der Waals surface area contributed by atoms with Crippen LogP contribution in [0.1, 0.15) is 28.3 Å². The fraction of sp³-hybridized carbons (Fsp3) is 0.200. The molecule has 0 aliphatic carbocycles. The van der Waals surface area contributed by atoms with E-state index in [0.717, 1.165) is 10.0 Å². The topological polar surface area (TPSA) is 38.0 Å². The summed E-state index contributed by atoms with van der Waals surface area (Å²) in [7, 11) is 0. The molecule has 1 atom stereocenters. The van der Waals surface area contributed by atoms with Gasteiger partial charge in [0.25, 0.3) is 0 Å². The van der Waals surface area contributed by atoms with E-state index >= 15 is 0 Å². The lowest BCUT2D eigenvalue weighted by Gasteiger charge is -2.20. The Balaban J connectivity index is 2.49. The Morgan fingerprint density at radius 3 is 2.50 bits per heavy atom. The molecule has 3 N–H and O–H groups in total. The van der Waals surface area contributed by atoms with Crippen molar-refractivity contribution in [1.82, 2.24) is 5.43 Å². The molecule has 2 rings (SSSR count). The molecule has 3 heteroatoms. The number of benzene rings is 2. The maximum absolute atomic E-state index is 5.74. The van der Waals surface area contributed by atoms with Gasteiger partial charge in [0.15, 0.2) is 0 Å². The van der Waals surface area contributed by atoms with Crippen LogP contribution >= 0.6 is 15.9 Å². The first-order valence-corrected chi connectivity index (χ1v) is 6.70. The Morgan fingerprint density at radius 1 is 1.11 bits per heavy atom. The highest BCUT2D eigenvalue weighted by molar-refractivity contribution is 9.10. The molecule has 1 unspecified atom stereocenters. The number of hydrogen-bond donors (Lipinski definition) is 2. The van der Waals surface area contributed by atoms with Gasteiger partial charge in [-0.1, -0.05) is 46.3 Å². The average Bonchev–Trinajstić information content (AvgIpc) is 2.35. The van der Waals surface area contributed by atoms with Gasteiger partial charge in [0.05, 0.1) is 6.04 Å². The lowest BCUT2D eigenvalue weighted by Crippen LogP contribution is -2.29. The van der Waals surface area contributed by atoms with Crippen LogP contribution in [0.5, 0.6) is 0 Å². The van der Waals surface area contributed by atoms with E-state index in [-0.39, 0.29) is 6.04 Å². The Labute approximate surface area is 116 Å². The maximum Gasteiger partial charge on any atom is 0.0713 e. The Kier molecular flexibility index (Phi) is 4.17. The Bertz CT molecular complexity index is 552. The van der Waals surface area contributed by atoms with Crippen LogP contribution in [0.3, 0.4) is 0 Å². The summed E-state index contributed by atoms with van der Waals surface area (Å²) >= 11 is 3.50. The third-order valence-electron chi connectivity index (χ3n) is 3.31. The van der Waals surface area contributed by atoms with Crippen LogP contribution in [0, 0.1) is 13.8 Å². The molecule has 2 aromatic rings. The number of rotatable bonds is 3. The molecule has 0 saturated carbocycles. The van der Waals surface area contributed by atoms with Crippen molar-refractivity contribution in [3.05, 3.63) is 69.2 Å². The van der Waals surface area contributed by atoms with Gasteiger partial charge in [0, 0.05) is 4.47 Å². The minimum atomic E-state index is 0.0161. The smallest absolute Gasteiger partial charge is 0.0713 e. The fourth-order valence-corrected chi connectivity index (χ4v) is 2.56. The van der Waals surface area contributed by atoms with E-state index in [1.54, 1.807) is 0 Å². The minimum Gasteiger partial charge on any atom is -0.271 e. The summed E-state index contributed by atoms with van der Waals surface area (Å²) < 4.78 is 1.06. The Morgan fingerprint density at radius 2 is 1.83 bits per heavy atom. The number of nitrogens with one attached hydrogen (secondary N) is 1. The number of hydrogen-bond acceptors (Lipinski definition) is 2. The second-order valence-electron chi connectivity index (χ2n) is 4.44. The summed E-state index contributed by atoms with van der Waals surface area (Å²) in [6, 6.07) is 14.5. The highest BCUT2D eigenvalue weighted by Gasteiger charge is 2.15. The standard InChI is InChI=1S/C15H17BrN2/c1-10-5-3-8-14(11(10)2)15(18-17)12-6-4-7-13(16)9-12/h3-9,15,18H,17H2,1-2H3. The van der Waals surface area contributed by atoms with E-state index in [2.05, 4.69) is 65.5 Å². The van der Waals surface area contributed by atoms with Crippen molar-refractivity contribution in [3.8, 4) is 0 Å². The van der Waals surface area contributed by atoms with Gasteiger partial charge in [-0.05, 0) is 48.2 Å². The second-order valence-corrected chi connectivity index (χ2v) is 5.36. The van der Waals surface area contributed by atoms with Gasteiger partial charge in [-0.3, -0.25) is 5.84 Å². The van der Waals surface area contributed by atoms with Gasteiger partial charge in [0.2, 0.25) is 0 Å². The normalized spacial score (nSPS) is 12.4. The van der Waals surface area contributed by atoms with Crippen molar-refractivity contribution < 1.29 is 0 Å². The zero-order valence-electron chi connectivity index (χ0n) is 10.6. The number of aryl methyl sites for hydroxylation is 1. The van der Waals surface area contributed by atoms with Crippen molar-refractivity contribution in [3.63, 3.8) is 0 Å². The second kappa shape index (κ2) is 5.65. The molecule has 0 radical (unpaired) electrons. The van der Waals surface area contributed by atoms with E-state index in [9.17, 15) is 0 Å². The molecule has 2 aromatic carbocycles. The molecule has 0 amide bonds. The molecule has 0 aliphatic rings. The van der Waals surface area contributed by atoms with Gasteiger partial charge < -0.3 is 0 Å². The van der Waals surface area contributed by atoms with E-state index in [0.29, 0.717) is 0 Å². The monoisotopic (exact) mass is 304 g/mol. The molecule has 2 nitrogen and oxygen atoms in total. The van der Waals surface area contributed by atoms with Gasteiger partial charge >= 0.3 is 0 Å². The number of hydrazine groups is 1. The summed E-state index contributed by atoms with van der Waals surface area (Å²) in [6.45, 7) is 4.25. The third kappa shape index (κ3) is 2.64. The number of nitrogens with two attached hydrogens (primary N) is 1. The molecule has 18 heavy (non-hydrogen) atoms. The SMILES string of the molecule is Cc1cccc(C(NN)c2cccc(Br)c2)c1C. The summed E-state index contributed by atoms with van der Waals surface area (Å²) in [5, 5.41) is 0. The molecule has 94 valence electrons. The molecular formula is C15H17BrN2. The summed E-state index contributed by atoms with van der Waals surface area (Å²) in [5.74, 6) is 5.74. The van der Waals surface area contributed by atoms with Crippen molar-refractivity contribution in [2.75, 3.05) is 0 Å². The van der Waals surface area contributed by atoms with Gasteiger partial charge in [-0.15, -0.1) is 0 Å². The van der Waals surface area contributed by atoms with E-state index in [1.807, 2.05) is 12.1 Å². The van der Waals surface area contributed by atoms with Gasteiger partial charge in [-0.25, -0.2) is 5.43 Å². The van der Waals surface area contributed by atoms with Gasteiger partial charge in [-0.2, -0.15) is 0 Å². The van der Waals surface area contributed by atoms with Crippen LogP contribution in [0.25, 0.3) is 0 Å². The zero-order valence-corrected chi connectivity index (χ0v) is 12.2. The van der Waals surface area contributed by atoms with Crippen LogP contribution in [0.4, 0.5) is 0 Å². The van der Waals surface area contributed by atoms with Crippen molar-refractivity contribution in [2.45, 2.75) is 19.9 Å². The predicted molar refractivity (Wildman–Crippen MR) is 79.2 cm³/mol. The molecule has 0 spiro atoms. The molecule has 0 fully saturated rings. The highest BCUT2D eigenvalue weighted by Crippen LogP contribution is 2.27. The van der Waals surface area contributed by atoms with Crippen molar-refractivity contribution in [1.29, 1.82) is 0 Å². The van der Waals surface area contributed by atoms with Crippen LogP contribution in [-0.4, -0.2) is 0 Å². The molecule has 0 bridgehead atoms. The van der Waals surface area contributed by atoms with Gasteiger partial charge in [0.1, 0.15) is 0 Å². The first-order chi connectivity index (χ1) is 8.63. The predicted octanol–water partition coefficient (Wildman–Crippen LogP) is 3.62. The summed E-state index contributed by atoms with van der Waals surface area (Å²) in [4.78, 5) is 0. The molecule has 0 aliphatic heterocycles. The molecular weight excluding hydrogens is 288 g/mol. The minimum absolute atomic E-state index is 0.0161.